The van der Waals surface area contributed by atoms with Crippen LogP contribution >= 0.6 is 0 Å². The zero-order chi connectivity index (χ0) is 12.5. The van der Waals surface area contributed by atoms with Crippen molar-refractivity contribution in [3.63, 3.8) is 0 Å². The van der Waals surface area contributed by atoms with Gasteiger partial charge in [0.05, 0.1) is 12.2 Å². The highest BCUT2D eigenvalue weighted by Gasteiger charge is 2.04. The van der Waals surface area contributed by atoms with Crippen LogP contribution in [0.4, 0.5) is 0 Å². The first-order chi connectivity index (χ1) is 8.20. The third-order valence-electron chi connectivity index (χ3n) is 2.08. The first-order valence-electron chi connectivity index (χ1n) is 5.92. The minimum atomic E-state index is -0.265. The highest BCUT2D eigenvalue weighted by atomic mass is 16.5. The summed E-state index contributed by atoms with van der Waals surface area (Å²) in [5, 5.41) is 0. The molecule has 0 saturated heterocycles. The number of nitrogens with zero attached hydrogens (tertiary/aromatic N) is 1. The number of hydrogen-bond acceptors (Lipinski definition) is 3. The second-order valence-electron chi connectivity index (χ2n) is 4.15. The van der Waals surface area contributed by atoms with Crippen molar-refractivity contribution in [2.75, 3.05) is 13.2 Å². The van der Waals surface area contributed by atoms with Gasteiger partial charge in [0.1, 0.15) is 0 Å². The zero-order valence-electron chi connectivity index (χ0n) is 10.4. The molecule has 0 amide bonds. The van der Waals surface area contributed by atoms with Crippen molar-refractivity contribution in [3.05, 3.63) is 35.9 Å². The Bertz CT molecular complexity index is 358. The zero-order valence-corrected chi connectivity index (χ0v) is 10.4. The standard InChI is InChI=1S/C14H19NO2/c1-12(2)11-15-9-6-10-17-14(16)13-7-4-3-5-8-13/h3-5,7-8,11-12H,6,9-10H2,1-2H3. The van der Waals surface area contributed by atoms with Crippen LogP contribution in [0.3, 0.4) is 0 Å². The molecule has 0 radical (unpaired) electrons. The minimum absolute atomic E-state index is 0.265. The van der Waals surface area contributed by atoms with Crippen LogP contribution < -0.4 is 0 Å². The van der Waals surface area contributed by atoms with Gasteiger partial charge in [-0.15, -0.1) is 0 Å². The van der Waals surface area contributed by atoms with Crippen LogP contribution in [0.15, 0.2) is 35.3 Å². The lowest BCUT2D eigenvalue weighted by molar-refractivity contribution is 0.0503. The third kappa shape index (κ3) is 5.85. The van der Waals surface area contributed by atoms with Crippen LogP contribution in [0.5, 0.6) is 0 Å². The second-order valence-corrected chi connectivity index (χ2v) is 4.15. The van der Waals surface area contributed by atoms with Crippen LogP contribution in [0.1, 0.15) is 30.6 Å². The molecule has 0 aliphatic carbocycles. The van der Waals surface area contributed by atoms with E-state index in [1.165, 1.54) is 0 Å². The normalized spacial score (nSPS) is 11.0. The van der Waals surface area contributed by atoms with E-state index in [0.717, 1.165) is 6.42 Å². The Morgan fingerprint density at radius 2 is 2.06 bits per heavy atom. The first kappa shape index (κ1) is 13.4. The van der Waals surface area contributed by atoms with E-state index >= 15 is 0 Å². The van der Waals surface area contributed by atoms with Crippen molar-refractivity contribution in [3.8, 4) is 0 Å². The molecule has 17 heavy (non-hydrogen) atoms. The number of carbonyl (C=O) groups is 1. The van der Waals surface area contributed by atoms with Crippen molar-refractivity contribution >= 4 is 12.2 Å². The Kier molecular flexibility index (Phi) is 6.00. The molecule has 0 bridgehead atoms. The van der Waals surface area contributed by atoms with E-state index in [0.29, 0.717) is 24.6 Å². The molecule has 0 atom stereocenters. The van der Waals surface area contributed by atoms with E-state index in [2.05, 4.69) is 18.8 Å². The molecule has 92 valence electrons. The van der Waals surface area contributed by atoms with Gasteiger partial charge in [-0.1, -0.05) is 32.0 Å². The molecule has 0 N–H and O–H groups in total. The highest BCUT2D eigenvalue weighted by Crippen LogP contribution is 2.01. The average Bonchev–Trinajstić information content (AvgIpc) is 2.34. The maximum absolute atomic E-state index is 11.5. The predicted molar refractivity (Wildman–Crippen MR) is 69.5 cm³/mol. The summed E-state index contributed by atoms with van der Waals surface area (Å²) in [7, 11) is 0. The van der Waals surface area contributed by atoms with Gasteiger partial charge in [0.2, 0.25) is 0 Å². The molecule has 0 saturated carbocycles. The summed E-state index contributed by atoms with van der Waals surface area (Å²) in [6.07, 6.45) is 2.68. The molecule has 1 aromatic rings. The molecule has 0 aromatic heterocycles. The molecule has 0 aliphatic rings. The molecular weight excluding hydrogens is 214 g/mol. The van der Waals surface area contributed by atoms with Gasteiger partial charge in [0.25, 0.3) is 0 Å². The first-order valence-corrected chi connectivity index (χ1v) is 5.92. The van der Waals surface area contributed by atoms with Crippen molar-refractivity contribution < 1.29 is 9.53 Å². The van der Waals surface area contributed by atoms with Gasteiger partial charge in [-0.2, -0.15) is 0 Å². The lowest BCUT2D eigenvalue weighted by Crippen LogP contribution is -2.07. The van der Waals surface area contributed by atoms with E-state index in [1.807, 2.05) is 24.4 Å². The monoisotopic (exact) mass is 233 g/mol. The average molecular weight is 233 g/mol. The highest BCUT2D eigenvalue weighted by molar-refractivity contribution is 5.89. The molecule has 0 heterocycles. The fourth-order valence-corrected chi connectivity index (χ4v) is 1.26. The summed E-state index contributed by atoms with van der Waals surface area (Å²) >= 11 is 0. The van der Waals surface area contributed by atoms with Gasteiger partial charge in [0.15, 0.2) is 0 Å². The molecule has 1 rings (SSSR count). The van der Waals surface area contributed by atoms with Gasteiger partial charge >= 0.3 is 5.97 Å². The molecule has 0 unspecified atom stereocenters. The molecule has 0 aliphatic heterocycles. The number of esters is 1. The molecular formula is C14H19NO2. The summed E-state index contributed by atoms with van der Waals surface area (Å²) in [6.45, 7) is 5.29. The fourth-order valence-electron chi connectivity index (χ4n) is 1.26. The van der Waals surface area contributed by atoms with Crippen molar-refractivity contribution in [1.29, 1.82) is 0 Å². The lowest BCUT2D eigenvalue weighted by atomic mass is 10.2. The topological polar surface area (TPSA) is 38.7 Å². The van der Waals surface area contributed by atoms with Gasteiger partial charge < -0.3 is 4.74 Å². The minimum Gasteiger partial charge on any atom is -0.462 e. The van der Waals surface area contributed by atoms with E-state index < -0.39 is 0 Å². The van der Waals surface area contributed by atoms with Crippen molar-refractivity contribution in [1.82, 2.24) is 0 Å². The number of aliphatic imine (C=N–C) groups is 1. The van der Waals surface area contributed by atoms with E-state index in [-0.39, 0.29) is 5.97 Å². The van der Waals surface area contributed by atoms with Crippen LogP contribution in [-0.2, 0) is 4.74 Å². The second kappa shape index (κ2) is 7.60. The number of hydrogen-bond donors (Lipinski definition) is 0. The Morgan fingerprint density at radius 1 is 1.35 bits per heavy atom. The van der Waals surface area contributed by atoms with E-state index in [4.69, 9.17) is 4.74 Å². The Labute approximate surface area is 103 Å². The van der Waals surface area contributed by atoms with Crippen LogP contribution in [0.2, 0.25) is 0 Å². The SMILES string of the molecule is CC(C)C=NCCCOC(=O)c1ccccc1. The number of benzene rings is 1. The summed E-state index contributed by atoms with van der Waals surface area (Å²) < 4.78 is 5.12. The van der Waals surface area contributed by atoms with E-state index in [1.54, 1.807) is 12.1 Å². The van der Waals surface area contributed by atoms with Gasteiger partial charge in [-0.05, 0) is 18.1 Å². The number of carbonyl (C=O) groups excluding carboxylic acids is 1. The number of rotatable bonds is 6. The molecule has 0 fully saturated rings. The maximum atomic E-state index is 11.5. The van der Waals surface area contributed by atoms with Gasteiger partial charge in [-0.3, -0.25) is 4.99 Å². The van der Waals surface area contributed by atoms with Crippen molar-refractivity contribution in [2.45, 2.75) is 20.3 Å². The van der Waals surface area contributed by atoms with Gasteiger partial charge in [-0.25, -0.2) is 4.79 Å². The Hall–Kier alpha value is -1.64. The summed E-state index contributed by atoms with van der Waals surface area (Å²) in [4.78, 5) is 15.7. The number of ether oxygens (including phenoxy) is 1. The Morgan fingerprint density at radius 3 is 2.71 bits per heavy atom. The molecule has 3 heteroatoms. The quantitative estimate of drug-likeness (QED) is 0.430. The van der Waals surface area contributed by atoms with Crippen LogP contribution in [0, 0.1) is 5.92 Å². The smallest absolute Gasteiger partial charge is 0.338 e. The largest absolute Gasteiger partial charge is 0.462 e. The van der Waals surface area contributed by atoms with Crippen LogP contribution in [0.25, 0.3) is 0 Å². The van der Waals surface area contributed by atoms with E-state index in [9.17, 15) is 4.79 Å². The third-order valence-corrected chi connectivity index (χ3v) is 2.08. The Balaban J connectivity index is 2.17. The summed E-state index contributed by atoms with van der Waals surface area (Å²) in [5.41, 5.74) is 0.596. The van der Waals surface area contributed by atoms with Crippen molar-refractivity contribution in [2.24, 2.45) is 10.9 Å². The predicted octanol–water partition coefficient (Wildman–Crippen LogP) is 2.96. The lowest BCUT2D eigenvalue weighted by Gasteiger charge is -2.03. The molecule has 0 spiro atoms. The molecule has 3 nitrogen and oxygen atoms in total. The fraction of sp³-hybridized carbons (Fsp3) is 0.429. The summed E-state index contributed by atoms with van der Waals surface area (Å²) in [5.74, 6) is 0.209. The maximum Gasteiger partial charge on any atom is 0.338 e. The summed E-state index contributed by atoms with van der Waals surface area (Å²) in [6, 6.07) is 9.02. The molecule has 1 aromatic carbocycles. The van der Waals surface area contributed by atoms with Gasteiger partial charge in [0, 0.05) is 19.2 Å². The van der Waals surface area contributed by atoms with Crippen LogP contribution in [-0.4, -0.2) is 25.3 Å².